The molecule has 0 aromatic heterocycles. The summed E-state index contributed by atoms with van der Waals surface area (Å²) in [6.45, 7) is 2.95. The average Bonchev–Trinajstić information content (AvgIpc) is 2.09. The van der Waals surface area contributed by atoms with Gasteiger partial charge >= 0.3 is 0 Å². The van der Waals surface area contributed by atoms with E-state index in [9.17, 15) is 0 Å². The van der Waals surface area contributed by atoms with E-state index in [0.717, 1.165) is 18.7 Å². The van der Waals surface area contributed by atoms with E-state index >= 15 is 0 Å². The summed E-state index contributed by atoms with van der Waals surface area (Å²) in [5.41, 5.74) is 0.831. The van der Waals surface area contributed by atoms with E-state index in [1.807, 2.05) is 0 Å². The topological polar surface area (TPSA) is 12.0 Å². The fourth-order valence-corrected chi connectivity index (χ4v) is 1.53. The highest BCUT2D eigenvalue weighted by Crippen LogP contribution is 2.31. The average molecular weight is 239 g/mol. The molecule has 4 heteroatoms. The van der Waals surface area contributed by atoms with Crippen molar-refractivity contribution < 1.29 is 0 Å². The van der Waals surface area contributed by atoms with Gasteiger partial charge in [0.2, 0.25) is 0 Å². The molecule has 0 radical (unpaired) electrons. The van der Waals surface area contributed by atoms with Crippen molar-refractivity contribution in [3.8, 4) is 0 Å². The third kappa shape index (κ3) is 2.94. The summed E-state index contributed by atoms with van der Waals surface area (Å²) in [7, 11) is 0. The highest BCUT2D eigenvalue weighted by molar-refractivity contribution is 6.44. The first-order valence-corrected chi connectivity index (χ1v) is 5.17. The molecule has 0 saturated carbocycles. The zero-order valence-electron chi connectivity index (χ0n) is 7.20. The molecule has 1 aromatic carbocycles. The van der Waals surface area contributed by atoms with Crippen molar-refractivity contribution in [2.45, 2.75) is 13.3 Å². The predicted molar refractivity (Wildman–Crippen MR) is 60.3 cm³/mol. The van der Waals surface area contributed by atoms with E-state index in [1.165, 1.54) is 0 Å². The highest BCUT2D eigenvalue weighted by Gasteiger charge is 2.04. The number of benzene rings is 1. The standard InChI is InChI=1S/C9H10Cl3N/c1-2-3-13-9-5-7(11)6(10)4-8(9)12/h4-5,13H,2-3H2,1H3. The smallest absolute Gasteiger partial charge is 0.0653 e. The highest BCUT2D eigenvalue weighted by atomic mass is 35.5. The van der Waals surface area contributed by atoms with Crippen LogP contribution in [0.25, 0.3) is 0 Å². The maximum atomic E-state index is 5.93. The Hall–Kier alpha value is -0.110. The Morgan fingerprint density at radius 2 is 1.69 bits per heavy atom. The Kier molecular flexibility index (Phi) is 4.17. The Balaban J connectivity index is 2.88. The van der Waals surface area contributed by atoms with Gasteiger partial charge in [0.25, 0.3) is 0 Å². The summed E-state index contributed by atoms with van der Waals surface area (Å²) in [5, 5.41) is 4.75. The SMILES string of the molecule is CCCNc1cc(Cl)c(Cl)cc1Cl. The summed E-state index contributed by atoms with van der Waals surface area (Å²) in [4.78, 5) is 0. The molecule has 0 aliphatic heterocycles. The number of nitrogens with one attached hydrogen (secondary N) is 1. The van der Waals surface area contributed by atoms with Gasteiger partial charge in [-0.25, -0.2) is 0 Å². The molecule has 0 fully saturated rings. The Morgan fingerprint density at radius 1 is 1.08 bits per heavy atom. The molecule has 0 saturated heterocycles. The van der Waals surface area contributed by atoms with Crippen molar-refractivity contribution in [2.75, 3.05) is 11.9 Å². The maximum absolute atomic E-state index is 5.93. The first-order valence-electron chi connectivity index (χ1n) is 4.03. The van der Waals surface area contributed by atoms with Crippen molar-refractivity contribution in [2.24, 2.45) is 0 Å². The van der Waals surface area contributed by atoms with Gasteiger partial charge in [-0.3, -0.25) is 0 Å². The predicted octanol–water partition coefficient (Wildman–Crippen LogP) is 4.47. The second-order valence-corrected chi connectivity index (χ2v) is 3.89. The van der Waals surface area contributed by atoms with Crippen LogP contribution >= 0.6 is 34.8 Å². The summed E-state index contributed by atoms with van der Waals surface area (Å²) in [6.07, 6.45) is 1.04. The van der Waals surface area contributed by atoms with E-state index in [4.69, 9.17) is 34.8 Å². The molecule has 0 atom stereocenters. The van der Waals surface area contributed by atoms with Crippen molar-refractivity contribution >= 4 is 40.5 Å². The van der Waals surface area contributed by atoms with Gasteiger partial charge in [-0.05, 0) is 18.6 Å². The van der Waals surface area contributed by atoms with Gasteiger partial charge in [0.1, 0.15) is 0 Å². The van der Waals surface area contributed by atoms with Crippen LogP contribution in [0.15, 0.2) is 12.1 Å². The Bertz CT molecular complexity index is 299. The van der Waals surface area contributed by atoms with E-state index in [-0.39, 0.29) is 0 Å². The van der Waals surface area contributed by atoms with Crippen LogP contribution < -0.4 is 5.32 Å². The van der Waals surface area contributed by atoms with Gasteiger partial charge in [-0.2, -0.15) is 0 Å². The summed E-state index contributed by atoms with van der Waals surface area (Å²) in [5.74, 6) is 0. The molecule has 13 heavy (non-hydrogen) atoms. The first kappa shape index (κ1) is 11.0. The zero-order valence-corrected chi connectivity index (χ0v) is 9.47. The largest absolute Gasteiger partial charge is 0.384 e. The molecule has 72 valence electrons. The lowest BCUT2D eigenvalue weighted by Gasteiger charge is -2.08. The summed E-state index contributed by atoms with van der Waals surface area (Å²) < 4.78 is 0. The quantitative estimate of drug-likeness (QED) is 0.766. The fraction of sp³-hybridized carbons (Fsp3) is 0.333. The minimum atomic E-state index is 0.480. The van der Waals surface area contributed by atoms with Crippen LogP contribution in [0.4, 0.5) is 5.69 Å². The van der Waals surface area contributed by atoms with E-state index in [0.29, 0.717) is 15.1 Å². The number of hydrogen-bond donors (Lipinski definition) is 1. The zero-order chi connectivity index (χ0) is 9.84. The molecule has 0 unspecified atom stereocenters. The molecule has 0 aliphatic carbocycles. The van der Waals surface area contributed by atoms with E-state index in [1.54, 1.807) is 12.1 Å². The Morgan fingerprint density at radius 3 is 2.31 bits per heavy atom. The van der Waals surface area contributed by atoms with E-state index < -0.39 is 0 Å². The fourth-order valence-electron chi connectivity index (χ4n) is 0.918. The molecular formula is C9H10Cl3N. The minimum Gasteiger partial charge on any atom is -0.384 e. The lowest BCUT2D eigenvalue weighted by atomic mass is 10.3. The molecule has 0 bridgehead atoms. The monoisotopic (exact) mass is 237 g/mol. The number of hydrogen-bond acceptors (Lipinski definition) is 1. The van der Waals surface area contributed by atoms with Crippen LogP contribution in [-0.4, -0.2) is 6.54 Å². The molecule has 0 heterocycles. The van der Waals surface area contributed by atoms with Crippen LogP contribution in [0, 0.1) is 0 Å². The van der Waals surface area contributed by atoms with Crippen LogP contribution in [0.5, 0.6) is 0 Å². The van der Waals surface area contributed by atoms with Crippen molar-refractivity contribution in [3.05, 3.63) is 27.2 Å². The van der Waals surface area contributed by atoms with Crippen LogP contribution in [-0.2, 0) is 0 Å². The second kappa shape index (κ2) is 4.94. The Labute approximate surface area is 93.0 Å². The summed E-state index contributed by atoms with van der Waals surface area (Å²) in [6, 6.07) is 3.38. The van der Waals surface area contributed by atoms with Crippen LogP contribution in [0.1, 0.15) is 13.3 Å². The molecule has 1 rings (SSSR count). The lowest BCUT2D eigenvalue weighted by molar-refractivity contribution is 0.980. The summed E-state index contributed by atoms with van der Waals surface area (Å²) >= 11 is 17.5. The molecule has 1 aromatic rings. The van der Waals surface area contributed by atoms with Gasteiger partial charge in [-0.15, -0.1) is 0 Å². The van der Waals surface area contributed by atoms with Crippen molar-refractivity contribution in [1.29, 1.82) is 0 Å². The van der Waals surface area contributed by atoms with Crippen molar-refractivity contribution in [3.63, 3.8) is 0 Å². The van der Waals surface area contributed by atoms with Gasteiger partial charge in [0.15, 0.2) is 0 Å². The molecule has 0 spiro atoms. The normalized spacial score (nSPS) is 10.2. The van der Waals surface area contributed by atoms with Gasteiger partial charge < -0.3 is 5.32 Å². The third-order valence-electron chi connectivity index (χ3n) is 1.58. The van der Waals surface area contributed by atoms with Gasteiger partial charge in [0.05, 0.1) is 20.8 Å². The molecular weight excluding hydrogens is 228 g/mol. The van der Waals surface area contributed by atoms with Crippen LogP contribution in [0.2, 0.25) is 15.1 Å². The molecule has 0 amide bonds. The molecule has 1 N–H and O–H groups in total. The number of rotatable bonds is 3. The maximum Gasteiger partial charge on any atom is 0.0653 e. The third-order valence-corrected chi connectivity index (χ3v) is 2.61. The molecule has 1 nitrogen and oxygen atoms in total. The second-order valence-electron chi connectivity index (χ2n) is 2.67. The minimum absolute atomic E-state index is 0.480. The van der Waals surface area contributed by atoms with Gasteiger partial charge in [-0.1, -0.05) is 41.7 Å². The van der Waals surface area contributed by atoms with E-state index in [2.05, 4.69) is 12.2 Å². The first-order chi connectivity index (χ1) is 6.15. The number of anilines is 1. The van der Waals surface area contributed by atoms with Gasteiger partial charge in [0, 0.05) is 6.54 Å². The molecule has 0 aliphatic rings. The van der Waals surface area contributed by atoms with Crippen molar-refractivity contribution in [1.82, 2.24) is 0 Å². The number of halogens is 3. The lowest BCUT2D eigenvalue weighted by Crippen LogP contribution is -2.00. The van der Waals surface area contributed by atoms with Crippen LogP contribution in [0.3, 0.4) is 0 Å².